The Kier molecular flexibility index (Phi) is 4.64. The summed E-state index contributed by atoms with van der Waals surface area (Å²) >= 11 is 0. The Morgan fingerprint density at radius 3 is 2.86 bits per heavy atom. The maximum absolute atomic E-state index is 13.7. The number of benzene rings is 1. The molecule has 1 unspecified atom stereocenters. The van der Waals surface area contributed by atoms with E-state index in [4.69, 9.17) is 5.11 Å². The van der Waals surface area contributed by atoms with E-state index in [2.05, 4.69) is 31.0 Å². The second kappa shape index (κ2) is 6.28. The number of hydrogen-bond acceptors (Lipinski definition) is 2. The minimum absolute atomic E-state index is 0.00822. The van der Waals surface area contributed by atoms with Crippen molar-refractivity contribution in [2.75, 3.05) is 6.61 Å². The number of hydrogen-bond donors (Lipinski definition) is 2. The predicted octanol–water partition coefficient (Wildman–Crippen LogP) is 2.22. The van der Waals surface area contributed by atoms with Crippen molar-refractivity contribution in [2.45, 2.75) is 33.2 Å². The van der Waals surface area contributed by atoms with Crippen molar-refractivity contribution in [3.05, 3.63) is 35.1 Å². The third-order valence-corrected chi connectivity index (χ3v) is 3.80. The molecule has 112 valence electrons. The van der Waals surface area contributed by atoms with Gasteiger partial charge in [-0.1, -0.05) is 25.7 Å². The molecular weight excluding hydrogens is 269 g/mol. The number of nitrogens with one attached hydrogen (secondary N) is 1. The first-order valence-corrected chi connectivity index (χ1v) is 7.10. The summed E-state index contributed by atoms with van der Waals surface area (Å²) in [6, 6.07) is 4.58. The zero-order valence-electron chi connectivity index (χ0n) is 12.4. The molecule has 1 saturated carbocycles. The Balaban J connectivity index is 1.98. The molecule has 2 N–H and O–H groups in total. The molecule has 2 rings (SSSR count). The van der Waals surface area contributed by atoms with E-state index in [0.29, 0.717) is 17.5 Å². The average Bonchev–Trinajstić information content (AvgIpc) is 3.08. The lowest BCUT2D eigenvalue weighted by Crippen LogP contribution is -2.26. The van der Waals surface area contributed by atoms with Gasteiger partial charge in [0.1, 0.15) is 5.82 Å². The van der Waals surface area contributed by atoms with Crippen molar-refractivity contribution in [3.8, 4) is 11.8 Å². The number of carbonyl (C=O) groups is 1. The Labute approximate surface area is 124 Å². The highest BCUT2D eigenvalue weighted by Crippen LogP contribution is 2.51. The van der Waals surface area contributed by atoms with E-state index < -0.39 is 0 Å². The third-order valence-electron chi connectivity index (χ3n) is 3.80. The highest BCUT2D eigenvalue weighted by atomic mass is 19.1. The van der Waals surface area contributed by atoms with Gasteiger partial charge in [0.25, 0.3) is 0 Å². The van der Waals surface area contributed by atoms with Crippen molar-refractivity contribution in [2.24, 2.45) is 11.3 Å². The van der Waals surface area contributed by atoms with Gasteiger partial charge in [-0.3, -0.25) is 4.79 Å². The van der Waals surface area contributed by atoms with E-state index in [9.17, 15) is 9.18 Å². The molecule has 1 fully saturated rings. The van der Waals surface area contributed by atoms with E-state index in [-0.39, 0.29) is 36.2 Å². The van der Waals surface area contributed by atoms with Crippen molar-refractivity contribution in [1.82, 2.24) is 5.32 Å². The number of halogens is 1. The summed E-state index contributed by atoms with van der Waals surface area (Å²) in [5, 5.41) is 11.5. The van der Waals surface area contributed by atoms with Gasteiger partial charge in [0.05, 0.1) is 6.61 Å². The van der Waals surface area contributed by atoms with Gasteiger partial charge in [-0.2, -0.15) is 0 Å². The maximum Gasteiger partial charge on any atom is 0.223 e. The number of rotatable bonds is 4. The largest absolute Gasteiger partial charge is 0.395 e. The van der Waals surface area contributed by atoms with E-state index in [1.165, 1.54) is 6.07 Å². The molecule has 1 aromatic rings. The zero-order chi connectivity index (χ0) is 15.5. The second-order valence-corrected chi connectivity index (χ2v) is 6.04. The Morgan fingerprint density at radius 1 is 1.52 bits per heavy atom. The molecule has 0 radical (unpaired) electrons. The lowest BCUT2D eigenvalue weighted by Gasteiger charge is -2.08. The van der Waals surface area contributed by atoms with Gasteiger partial charge in [-0.15, -0.1) is 0 Å². The Hall–Kier alpha value is -1.86. The summed E-state index contributed by atoms with van der Waals surface area (Å²) in [4.78, 5) is 11.9. The fraction of sp³-hybridized carbons (Fsp3) is 0.471. The predicted molar refractivity (Wildman–Crippen MR) is 78.7 cm³/mol. The molecule has 1 amide bonds. The molecule has 1 aromatic carbocycles. The van der Waals surface area contributed by atoms with Crippen molar-refractivity contribution in [1.29, 1.82) is 0 Å². The van der Waals surface area contributed by atoms with Crippen LogP contribution in [0.15, 0.2) is 18.2 Å². The van der Waals surface area contributed by atoms with Gasteiger partial charge in [0.2, 0.25) is 5.91 Å². The van der Waals surface area contributed by atoms with Crippen LogP contribution in [0.4, 0.5) is 4.39 Å². The van der Waals surface area contributed by atoms with Gasteiger partial charge in [0, 0.05) is 30.0 Å². The summed E-state index contributed by atoms with van der Waals surface area (Å²) < 4.78 is 13.7. The quantitative estimate of drug-likeness (QED) is 0.835. The molecule has 21 heavy (non-hydrogen) atoms. The van der Waals surface area contributed by atoms with Gasteiger partial charge < -0.3 is 10.4 Å². The highest BCUT2D eigenvalue weighted by Gasteiger charge is 2.50. The zero-order valence-corrected chi connectivity index (χ0v) is 12.4. The van der Waals surface area contributed by atoms with Crippen LogP contribution >= 0.6 is 0 Å². The van der Waals surface area contributed by atoms with Crippen LogP contribution in [0.5, 0.6) is 0 Å². The van der Waals surface area contributed by atoms with Gasteiger partial charge >= 0.3 is 0 Å². The first-order chi connectivity index (χ1) is 9.94. The van der Waals surface area contributed by atoms with Crippen LogP contribution in [-0.2, 0) is 11.3 Å². The van der Waals surface area contributed by atoms with Crippen molar-refractivity contribution in [3.63, 3.8) is 0 Å². The van der Waals surface area contributed by atoms with Crippen molar-refractivity contribution >= 4 is 5.91 Å². The first kappa shape index (κ1) is 15.5. The smallest absolute Gasteiger partial charge is 0.223 e. The molecule has 1 aliphatic carbocycles. The van der Waals surface area contributed by atoms with Crippen molar-refractivity contribution < 1.29 is 14.3 Å². The summed E-state index contributed by atoms with van der Waals surface area (Å²) in [6.45, 7) is 4.28. The van der Waals surface area contributed by atoms with Crippen LogP contribution < -0.4 is 5.32 Å². The highest BCUT2D eigenvalue weighted by molar-refractivity contribution is 5.82. The van der Waals surface area contributed by atoms with E-state index in [1.807, 2.05) is 0 Å². The molecular formula is C17H20FNO2. The minimum atomic E-state index is -0.349. The van der Waals surface area contributed by atoms with E-state index in [0.717, 1.165) is 6.42 Å². The summed E-state index contributed by atoms with van der Waals surface area (Å²) in [6.07, 6.45) is 1.27. The second-order valence-electron chi connectivity index (χ2n) is 6.04. The molecule has 3 nitrogen and oxygen atoms in total. The van der Waals surface area contributed by atoms with Crippen LogP contribution in [-0.4, -0.2) is 17.6 Å². The Morgan fingerprint density at radius 2 is 2.24 bits per heavy atom. The van der Waals surface area contributed by atoms with Gasteiger partial charge in [0.15, 0.2) is 0 Å². The van der Waals surface area contributed by atoms with Gasteiger partial charge in [-0.25, -0.2) is 4.39 Å². The lowest BCUT2D eigenvalue weighted by atomic mass is 10.1. The normalized spacial score (nSPS) is 18.6. The van der Waals surface area contributed by atoms with Crippen LogP contribution in [0.3, 0.4) is 0 Å². The molecule has 0 spiro atoms. The molecule has 0 aliphatic heterocycles. The fourth-order valence-corrected chi connectivity index (χ4v) is 2.23. The Bertz CT molecular complexity index is 599. The van der Waals surface area contributed by atoms with Gasteiger partial charge in [-0.05, 0) is 30.0 Å². The summed E-state index contributed by atoms with van der Waals surface area (Å²) in [5.41, 5.74) is 1.18. The van der Waals surface area contributed by atoms with Crippen LogP contribution in [0.1, 0.15) is 37.8 Å². The SMILES string of the molecule is CC1(C)CC1C(=O)NCc1cc(C#CCCO)ccc1F. The standard InChI is InChI=1S/C17H20FNO2/c1-17(2)10-14(17)16(21)19-11-13-9-12(5-3-4-8-20)6-7-15(13)18/h6-7,9,14,20H,4,8,10-11H2,1-2H3,(H,19,21). The molecule has 0 aromatic heterocycles. The lowest BCUT2D eigenvalue weighted by molar-refractivity contribution is -0.123. The maximum atomic E-state index is 13.7. The molecule has 0 heterocycles. The number of amides is 1. The molecule has 0 bridgehead atoms. The number of aliphatic hydroxyl groups excluding tert-OH is 1. The topological polar surface area (TPSA) is 49.3 Å². The summed E-state index contributed by atoms with van der Waals surface area (Å²) in [7, 11) is 0. The molecule has 4 heteroatoms. The molecule has 0 saturated heterocycles. The van der Waals surface area contributed by atoms with Crippen LogP contribution in [0, 0.1) is 29.0 Å². The van der Waals surface area contributed by atoms with E-state index in [1.54, 1.807) is 12.1 Å². The number of aliphatic hydroxyl groups is 1. The third kappa shape index (κ3) is 4.05. The molecule has 1 atom stereocenters. The van der Waals surface area contributed by atoms with E-state index >= 15 is 0 Å². The monoisotopic (exact) mass is 289 g/mol. The number of carbonyl (C=O) groups excluding carboxylic acids is 1. The molecule has 1 aliphatic rings. The van der Waals surface area contributed by atoms with Crippen LogP contribution in [0.2, 0.25) is 0 Å². The average molecular weight is 289 g/mol. The fourth-order valence-electron chi connectivity index (χ4n) is 2.23. The van der Waals surface area contributed by atoms with Crippen LogP contribution in [0.25, 0.3) is 0 Å². The minimum Gasteiger partial charge on any atom is -0.395 e. The first-order valence-electron chi connectivity index (χ1n) is 7.10. The summed E-state index contributed by atoms with van der Waals surface area (Å²) in [5.74, 6) is 5.32.